The molecule has 5 rings (SSSR count). The van der Waals surface area contributed by atoms with Gasteiger partial charge in [-0.25, -0.2) is 0 Å². The Bertz CT molecular complexity index is 669. The minimum atomic E-state index is -0.369. The van der Waals surface area contributed by atoms with Crippen molar-refractivity contribution >= 4 is 11.8 Å². The predicted molar refractivity (Wildman–Crippen MR) is 89.7 cm³/mol. The molecule has 5 heteroatoms. The van der Waals surface area contributed by atoms with E-state index in [2.05, 4.69) is 29.7 Å². The summed E-state index contributed by atoms with van der Waals surface area (Å²) in [5.41, 5.74) is 5.78. The molecule has 0 aromatic carbocycles. The van der Waals surface area contributed by atoms with E-state index in [4.69, 9.17) is 0 Å². The van der Waals surface area contributed by atoms with Crippen LogP contribution in [0.15, 0.2) is 24.4 Å². The van der Waals surface area contributed by atoms with Crippen LogP contribution in [0, 0.1) is 22.2 Å². The van der Waals surface area contributed by atoms with Crippen LogP contribution in [0.1, 0.15) is 62.9 Å². The van der Waals surface area contributed by atoms with Crippen molar-refractivity contribution in [1.82, 2.24) is 15.8 Å². The van der Waals surface area contributed by atoms with Gasteiger partial charge in [0, 0.05) is 6.20 Å². The molecule has 24 heavy (non-hydrogen) atoms. The fraction of sp³-hybridized carbons (Fsp3) is 0.632. The first-order valence-electron chi connectivity index (χ1n) is 8.84. The third-order valence-electron chi connectivity index (χ3n) is 6.30. The number of nitrogens with zero attached hydrogens (tertiary/aromatic N) is 1. The van der Waals surface area contributed by atoms with Crippen LogP contribution >= 0.6 is 0 Å². The number of nitrogens with one attached hydrogen (secondary N) is 2. The number of rotatable bonds is 2. The van der Waals surface area contributed by atoms with Crippen LogP contribution in [0.2, 0.25) is 0 Å². The average molecular weight is 327 g/mol. The molecule has 4 aliphatic rings. The van der Waals surface area contributed by atoms with E-state index in [0.717, 1.165) is 19.3 Å². The van der Waals surface area contributed by atoms with Gasteiger partial charge < -0.3 is 0 Å². The van der Waals surface area contributed by atoms with E-state index in [1.165, 1.54) is 19.3 Å². The van der Waals surface area contributed by atoms with E-state index in [0.29, 0.717) is 11.6 Å². The highest BCUT2D eigenvalue weighted by atomic mass is 16.2. The fourth-order valence-corrected chi connectivity index (χ4v) is 6.51. The van der Waals surface area contributed by atoms with Gasteiger partial charge in [0.25, 0.3) is 5.91 Å². The molecule has 1 heterocycles. The van der Waals surface area contributed by atoms with Gasteiger partial charge in [0.2, 0.25) is 5.91 Å². The summed E-state index contributed by atoms with van der Waals surface area (Å²) in [6.45, 7) is 4.68. The zero-order valence-electron chi connectivity index (χ0n) is 14.4. The first-order valence-corrected chi connectivity index (χ1v) is 8.84. The Morgan fingerprint density at radius 2 is 1.75 bits per heavy atom. The lowest BCUT2D eigenvalue weighted by molar-refractivity contribution is -0.170. The standard InChI is InChI=1S/C19H25N3O2/c1-17-7-13-8-18(2,10-17)12-19(9-13,11-17)16(24)22-21-15(23)14-5-3-4-6-20-14/h3-6,13H,7-12H2,1-2H3,(H,21,23)(H,22,24). The molecule has 2 atom stereocenters. The summed E-state index contributed by atoms with van der Waals surface area (Å²) in [5.74, 6) is 0.257. The Kier molecular flexibility index (Phi) is 3.28. The molecule has 5 nitrogen and oxygen atoms in total. The van der Waals surface area contributed by atoms with Crippen LogP contribution in [0.5, 0.6) is 0 Å². The predicted octanol–water partition coefficient (Wildman–Crippen LogP) is 2.84. The second-order valence-corrected chi connectivity index (χ2v) is 9.03. The highest BCUT2D eigenvalue weighted by Crippen LogP contribution is 2.69. The summed E-state index contributed by atoms with van der Waals surface area (Å²) in [5, 5.41) is 0. The Morgan fingerprint density at radius 3 is 2.33 bits per heavy atom. The van der Waals surface area contributed by atoms with Gasteiger partial charge in [-0.2, -0.15) is 0 Å². The Morgan fingerprint density at radius 1 is 1.04 bits per heavy atom. The van der Waals surface area contributed by atoms with Crippen molar-refractivity contribution in [2.45, 2.75) is 52.4 Å². The number of pyridine rings is 1. The van der Waals surface area contributed by atoms with Crippen molar-refractivity contribution < 1.29 is 9.59 Å². The van der Waals surface area contributed by atoms with Gasteiger partial charge in [-0.15, -0.1) is 0 Å². The van der Waals surface area contributed by atoms with Crippen LogP contribution in [0.25, 0.3) is 0 Å². The largest absolute Gasteiger partial charge is 0.288 e. The van der Waals surface area contributed by atoms with Crippen LogP contribution in [0.3, 0.4) is 0 Å². The van der Waals surface area contributed by atoms with Crippen molar-refractivity contribution in [1.29, 1.82) is 0 Å². The molecular weight excluding hydrogens is 302 g/mol. The molecule has 4 saturated carbocycles. The van der Waals surface area contributed by atoms with Crippen molar-refractivity contribution in [2.24, 2.45) is 22.2 Å². The Balaban J connectivity index is 1.48. The van der Waals surface area contributed by atoms with E-state index >= 15 is 0 Å². The first kappa shape index (κ1) is 15.6. The van der Waals surface area contributed by atoms with Gasteiger partial charge in [-0.3, -0.25) is 25.4 Å². The highest BCUT2D eigenvalue weighted by molar-refractivity contribution is 5.94. The third-order valence-corrected chi connectivity index (χ3v) is 6.30. The summed E-state index contributed by atoms with van der Waals surface area (Å²) in [4.78, 5) is 29.1. The number of aromatic nitrogens is 1. The maximum Gasteiger partial charge on any atom is 0.288 e. The van der Waals surface area contributed by atoms with Crippen molar-refractivity contribution in [3.63, 3.8) is 0 Å². The molecule has 4 fully saturated rings. The van der Waals surface area contributed by atoms with Gasteiger partial charge in [0.1, 0.15) is 5.69 Å². The molecule has 2 unspecified atom stereocenters. The molecular formula is C19H25N3O2. The molecule has 0 radical (unpaired) electrons. The lowest BCUT2D eigenvalue weighted by Gasteiger charge is -2.64. The monoisotopic (exact) mass is 327 g/mol. The molecule has 4 aliphatic carbocycles. The molecule has 2 amide bonds. The number of hydrazine groups is 1. The second-order valence-electron chi connectivity index (χ2n) is 9.03. The number of hydrogen-bond donors (Lipinski definition) is 2. The van der Waals surface area contributed by atoms with E-state index < -0.39 is 0 Å². The van der Waals surface area contributed by atoms with Crippen LogP contribution in [-0.2, 0) is 4.79 Å². The molecule has 0 spiro atoms. The second kappa shape index (κ2) is 5.04. The average Bonchev–Trinajstić information content (AvgIpc) is 2.49. The van der Waals surface area contributed by atoms with Crippen LogP contribution < -0.4 is 10.9 Å². The maximum absolute atomic E-state index is 13.0. The van der Waals surface area contributed by atoms with Gasteiger partial charge in [-0.05, 0) is 67.4 Å². The van der Waals surface area contributed by atoms with Gasteiger partial charge in [-0.1, -0.05) is 19.9 Å². The van der Waals surface area contributed by atoms with Crippen LogP contribution in [0.4, 0.5) is 0 Å². The number of amides is 2. The maximum atomic E-state index is 13.0. The zero-order chi connectivity index (χ0) is 17.0. The minimum absolute atomic E-state index is 0.0201. The Hall–Kier alpha value is -1.91. The molecule has 4 bridgehead atoms. The van der Waals surface area contributed by atoms with E-state index in [9.17, 15) is 9.59 Å². The zero-order valence-corrected chi connectivity index (χ0v) is 14.4. The van der Waals surface area contributed by atoms with Gasteiger partial charge >= 0.3 is 0 Å². The normalized spacial score (nSPS) is 39.5. The topological polar surface area (TPSA) is 71.1 Å². The smallest absolute Gasteiger partial charge is 0.273 e. The van der Waals surface area contributed by atoms with E-state index in [1.54, 1.807) is 24.4 Å². The van der Waals surface area contributed by atoms with Gasteiger partial charge in [0.15, 0.2) is 0 Å². The van der Waals surface area contributed by atoms with Crippen molar-refractivity contribution in [3.05, 3.63) is 30.1 Å². The summed E-state index contributed by atoms with van der Waals surface area (Å²) in [6, 6.07) is 5.14. The van der Waals surface area contributed by atoms with E-state index in [1.807, 2.05) is 0 Å². The lowest BCUT2D eigenvalue weighted by atomic mass is 9.40. The summed E-state index contributed by atoms with van der Waals surface area (Å²) >= 11 is 0. The summed E-state index contributed by atoms with van der Waals surface area (Å²) in [6.07, 6.45) is 8.14. The summed E-state index contributed by atoms with van der Waals surface area (Å²) in [7, 11) is 0. The van der Waals surface area contributed by atoms with E-state index in [-0.39, 0.29) is 28.1 Å². The molecule has 1 aromatic rings. The van der Waals surface area contributed by atoms with Gasteiger partial charge in [0.05, 0.1) is 5.41 Å². The fourth-order valence-electron chi connectivity index (χ4n) is 6.51. The molecule has 0 aliphatic heterocycles. The minimum Gasteiger partial charge on any atom is -0.273 e. The SMILES string of the molecule is CC12CC3CC(C)(C1)CC(C(=O)NNC(=O)c1ccccn1)(C3)C2. The molecule has 128 valence electrons. The van der Waals surface area contributed by atoms with Crippen LogP contribution in [-0.4, -0.2) is 16.8 Å². The van der Waals surface area contributed by atoms with Crippen molar-refractivity contribution in [3.8, 4) is 0 Å². The first-order chi connectivity index (χ1) is 11.3. The third kappa shape index (κ3) is 2.50. The lowest BCUT2D eigenvalue weighted by Crippen LogP contribution is -2.61. The Labute approximate surface area is 142 Å². The van der Waals surface area contributed by atoms with Crippen molar-refractivity contribution in [2.75, 3.05) is 0 Å². The quantitative estimate of drug-likeness (QED) is 0.821. The highest BCUT2D eigenvalue weighted by Gasteiger charge is 2.62. The molecule has 1 aromatic heterocycles. The molecule has 0 saturated heterocycles. The summed E-state index contributed by atoms with van der Waals surface area (Å²) < 4.78 is 0. The molecule has 2 N–H and O–H groups in total. The number of carbonyl (C=O) groups is 2. The number of hydrogen-bond acceptors (Lipinski definition) is 3. The number of carbonyl (C=O) groups excluding carboxylic acids is 2.